The summed E-state index contributed by atoms with van der Waals surface area (Å²) < 4.78 is 6.30. The molecule has 0 saturated heterocycles. The van der Waals surface area contributed by atoms with E-state index in [0.717, 1.165) is 30.0 Å². The number of rotatable bonds is 6. The molecule has 0 bridgehead atoms. The Bertz CT molecular complexity index is 366. The van der Waals surface area contributed by atoms with Gasteiger partial charge in [0, 0.05) is 5.02 Å². The molecule has 0 fully saturated rings. The van der Waals surface area contributed by atoms with Crippen LogP contribution in [0.4, 0.5) is 0 Å². The molecular formula is C12H14BrClO2. The first-order valence-corrected chi connectivity index (χ1v) is 6.43. The molecular weight excluding hydrogens is 291 g/mol. The Balaban J connectivity index is 2.74. The maximum Gasteiger partial charge on any atom is 0.153 e. The molecule has 0 aromatic heterocycles. The highest BCUT2D eigenvalue weighted by atomic mass is 79.9. The van der Waals surface area contributed by atoms with Gasteiger partial charge in [0.15, 0.2) is 6.29 Å². The lowest BCUT2D eigenvalue weighted by Crippen LogP contribution is -2.00. The van der Waals surface area contributed by atoms with Crippen LogP contribution >= 0.6 is 27.5 Å². The predicted molar refractivity (Wildman–Crippen MR) is 69.6 cm³/mol. The van der Waals surface area contributed by atoms with Gasteiger partial charge in [0.25, 0.3) is 0 Å². The number of ether oxygens (including phenoxy) is 1. The fourth-order valence-corrected chi connectivity index (χ4v) is 2.29. The Labute approximate surface area is 109 Å². The summed E-state index contributed by atoms with van der Waals surface area (Å²) in [6, 6.07) is 3.33. The second-order valence-corrected chi connectivity index (χ2v) is 4.77. The minimum atomic E-state index is 0.482. The lowest BCUT2D eigenvalue weighted by molar-refractivity contribution is 0.111. The van der Waals surface area contributed by atoms with Crippen LogP contribution in [0.3, 0.4) is 0 Å². The van der Waals surface area contributed by atoms with Crippen molar-refractivity contribution in [2.75, 3.05) is 6.61 Å². The van der Waals surface area contributed by atoms with E-state index in [4.69, 9.17) is 16.3 Å². The maximum absolute atomic E-state index is 10.9. The van der Waals surface area contributed by atoms with Crippen molar-refractivity contribution < 1.29 is 9.53 Å². The van der Waals surface area contributed by atoms with Gasteiger partial charge in [-0.05, 0) is 34.5 Å². The van der Waals surface area contributed by atoms with Crippen molar-refractivity contribution in [3.63, 3.8) is 0 Å². The summed E-state index contributed by atoms with van der Waals surface area (Å²) in [5.74, 6) is 0.579. The summed E-state index contributed by atoms with van der Waals surface area (Å²) in [6.07, 6.45) is 4.02. The van der Waals surface area contributed by atoms with Crippen LogP contribution in [0.25, 0.3) is 0 Å². The van der Waals surface area contributed by atoms with Crippen LogP contribution in [0.5, 0.6) is 5.75 Å². The standard InChI is InChI=1S/C12H14BrClO2/c1-2-3-4-5-16-12-9(8-15)6-10(14)7-11(12)13/h6-8H,2-5H2,1H3. The molecule has 1 aromatic rings. The third kappa shape index (κ3) is 3.80. The zero-order valence-electron chi connectivity index (χ0n) is 9.13. The quantitative estimate of drug-likeness (QED) is 0.572. The molecule has 0 amide bonds. The van der Waals surface area contributed by atoms with Crippen molar-refractivity contribution in [3.8, 4) is 5.75 Å². The van der Waals surface area contributed by atoms with E-state index in [9.17, 15) is 4.79 Å². The lowest BCUT2D eigenvalue weighted by atomic mass is 10.2. The van der Waals surface area contributed by atoms with Crippen LogP contribution in [0.2, 0.25) is 5.02 Å². The van der Waals surface area contributed by atoms with E-state index in [1.54, 1.807) is 12.1 Å². The van der Waals surface area contributed by atoms with Gasteiger partial charge in [0.05, 0.1) is 16.6 Å². The number of benzene rings is 1. The van der Waals surface area contributed by atoms with Gasteiger partial charge in [0.2, 0.25) is 0 Å². The van der Waals surface area contributed by atoms with E-state index < -0.39 is 0 Å². The SMILES string of the molecule is CCCCCOc1c(Br)cc(Cl)cc1C=O. The van der Waals surface area contributed by atoms with Crippen LogP contribution in [0, 0.1) is 0 Å². The second kappa shape index (κ2) is 6.92. The minimum Gasteiger partial charge on any atom is -0.492 e. The molecule has 0 radical (unpaired) electrons. The largest absolute Gasteiger partial charge is 0.492 e. The summed E-state index contributed by atoms with van der Waals surface area (Å²) in [6.45, 7) is 2.75. The molecule has 16 heavy (non-hydrogen) atoms. The first-order valence-electron chi connectivity index (χ1n) is 5.26. The molecule has 0 atom stereocenters. The summed E-state index contributed by atoms with van der Waals surface area (Å²) in [5.41, 5.74) is 0.482. The topological polar surface area (TPSA) is 26.3 Å². The van der Waals surface area contributed by atoms with Gasteiger partial charge in [0.1, 0.15) is 5.75 Å². The smallest absolute Gasteiger partial charge is 0.153 e. The number of unbranched alkanes of at least 4 members (excludes halogenated alkanes) is 2. The Morgan fingerprint density at radius 3 is 2.81 bits per heavy atom. The average Bonchev–Trinajstić information content (AvgIpc) is 2.26. The summed E-state index contributed by atoms with van der Waals surface area (Å²) >= 11 is 9.18. The number of halogens is 2. The molecule has 88 valence electrons. The van der Waals surface area contributed by atoms with Crippen LogP contribution < -0.4 is 4.74 Å². The fraction of sp³-hybridized carbons (Fsp3) is 0.417. The maximum atomic E-state index is 10.9. The highest BCUT2D eigenvalue weighted by Gasteiger charge is 2.09. The summed E-state index contributed by atoms with van der Waals surface area (Å²) in [5, 5.41) is 0.523. The molecule has 1 rings (SSSR count). The molecule has 0 aliphatic rings. The molecule has 0 aliphatic heterocycles. The van der Waals surface area contributed by atoms with Crippen LogP contribution in [0.1, 0.15) is 36.5 Å². The Morgan fingerprint density at radius 1 is 1.44 bits per heavy atom. The first-order chi connectivity index (χ1) is 7.69. The molecule has 4 heteroatoms. The third-order valence-electron chi connectivity index (χ3n) is 2.16. The van der Waals surface area contributed by atoms with E-state index >= 15 is 0 Å². The lowest BCUT2D eigenvalue weighted by Gasteiger charge is -2.10. The second-order valence-electron chi connectivity index (χ2n) is 3.48. The summed E-state index contributed by atoms with van der Waals surface area (Å²) in [4.78, 5) is 10.9. The average molecular weight is 306 g/mol. The molecule has 2 nitrogen and oxygen atoms in total. The highest BCUT2D eigenvalue weighted by molar-refractivity contribution is 9.10. The van der Waals surface area contributed by atoms with Crippen molar-refractivity contribution in [2.45, 2.75) is 26.2 Å². The fourth-order valence-electron chi connectivity index (χ4n) is 1.35. The van der Waals surface area contributed by atoms with Crippen molar-refractivity contribution in [1.29, 1.82) is 0 Å². The molecule has 0 spiro atoms. The highest BCUT2D eigenvalue weighted by Crippen LogP contribution is 2.31. The normalized spacial score (nSPS) is 10.2. The van der Waals surface area contributed by atoms with Crippen molar-refractivity contribution in [1.82, 2.24) is 0 Å². The third-order valence-corrected chi connectivity index (χ3v) is 2.97. The zero-order chi connectivity index (χ0) is 12.0. The predicted octanol–water partition coefficient (Wildman–Crippen LogP) is 4.48. The summed E-state index contributed by atoms with van der Waals surface area (Å²) in [7, 11) is 0. The van der Waals surface area contributed by atoms with Gasteiger partial charge in [-0.1, -0.05) is 31.4 Å². The molecule has 0 heterocycles. The number of carbonyl (C=O) groups excluding carboxylic acids is 1. The van der Waals surface area contributed by atoms with Crippen molar-refractivity contribution in [2.24, 2.45) is 0 Å². The van der Waals surface area contributed by atoms with E-state index in [-0.39, 0.29) is 0 Å². The first kappa shape index (κ1) is 13.5. The van der Waals surface area contributed by atoms with Crippen molar-refractivity contribution in [3.05, 3.63) is 27.2 Å². The van der Waals surface area contributed by atoms with Gasteiger partial charge in [-0.2, -0.15) is 0 Å². The minimum absolute atomic E-state index is 0.482. The molecule has 0 saturated carbocycles. The van der Waals surface area contributed by atoms with Crippen molar-refractivity contribution >= 4 is 33.8 Å². The van der Waals surface area contributed by atoms with E-state index in [2.05, 4.69) is 22.9 Å². The monoisotopic (exact) mass is 304 g/mol. The Kier molecular flexibility index (Phi) is 5.85. The zero-order valence-corrected chi connectivity index (χ0v) is 11.5. The van der Waals surface area contributed by atoms with Crippen LogP contribution in [-0.4, -0.2) is 12.9 Å². The number of aldehydes is 1. The van der Waals surface area contributed by atoms with Gasteiger partial charge in [-0.15, -0.1) is 0 Å². The van der Waals surface area contributed by atoms with Gasteiger partial charge in [-0.3, -0.25) is 4.79 Å². The molecule has 1 aromatic carbocycles. The number of hydrogen-bond acceptors (Lipinski definition) is 2. The molecule has 0 aliphatic carbocycles. The number of carbonyl (C=O) groups is 1. The Morgan fingerprint density at radius 2 is 2.19 bits per heavy atom. The van der Waals surface area contributed by atoms with E-state index in [0.29, 0.717) is 22.9 Å². The van der Waals surface area contributed by atoms with E-state index in [1.165, 1.54) is 0 Å². The van der Waals surface area contributed by atoms with Gasteiger partial charge in [-0.25, -0.2) is 0 Å². The molecule has 0 unspecified atom stereocenters. The van der Waals surface area contributed by atoms with Gasteiger partial charge >= 0.3 is 0 Å². The number of hydrogen-bond donors (Lipinski definition) is 0. The van der Waals surface area contributed by atoms with E-state index in [1.807, 2.05) is 0 Å². The van der Waals surface area contributed by atoms with Gasteiger partial charge < -0.3 is 4.74 Å². The Hall–Kier alpha value is -0.540. The van der Waals surface area contributed by atoms with Crippen LogP contribution in [-0.2, 0) is 0 Å². The molecule has 0 N–H and O–H groups in total. The van der Waals surface area contributed by atoms with Crippen LogP contribution in [0.15, 0.2) is 16.6 Å².